The summed E-state index contributed by atoms with van der Waals surface area (Å²) in [5.74, 6) is -3.56. The van der Waals surface area contributed by atoms with Gasteiger partial charge in [-0.1, -0.05) is 0 Å². The van der Waals surface area contributed by atoms with Crippen molar-refractivity contribution in [3.8, 4) is 0 Å². The standard InChI is InChI=1S/C8H3F2NO2/c9-3-1-2-4(10)6-5(3)7(12)11-8(6)13/h1-2H,(H,11,12,13). The number of hydrogen-bond donors (Lipinski definition) is 1. The molecule has 0 saturated heterocycles. The SMILES string of the molecule is O=C1NC(=O)c2c(F)ccc(F)c21. The summed E-state index contributed by atoms with van der Waals surface area (Å²) in [6.45, 7) is 0. The van der Waals surface area contributed by atoms with Gasteiger partial charge in [0, 0.05) is 0 Å². The molecule has 0 saturated carbocycles. The van der Waals surface area contributed by atoms with E-state index in [1.807, 2.05) is 0 Å². The van der Waals surface area contributed by atoms with E-state index >= 15 is 0 Å². The Balaban J connectivity index is 2.81. The molecule has 1 aliphatic rings. The van der Waals surface area contributed by atoms with Gasteiger partial charge in [0.1, 0.15) is 11.6 Å². The van der Waals surface area contributed by atoms with Crippen molar-refractivity contribution < 1.29 is 18.4 Å². The lowest BCUT2D eigenvalue weighted by Gasteiger charge is -1.96. The van der Waals surface area contributed by atoms with Crippen molar-refractivity contribution in [2.75, 3.05) is 0 Å². The van der Waals surface area contributed by atoms with Gasteiger partial charge < -0.3 is 0 Å². The average molecular weight is 183 g/mol. The monoisotopic (exact) mass is 183 g/mol. The van der Waals surface area contributed by atoms with Gasteiger partial charge in [-0.05, 0) is 12.1 Å². The van der Waals surface area contributed by atoms with Crippen LogP contribution in [0.4, 0.5) is 8.78 Å². The quantitative estimate of drug-likeness (QED) is 0.606. The fourth-order valence-corrected chi connectivity index (χ4v) is 1.22. The third kappa shape index (κ3) is 0.932. The van der Waals surface area contributed by atoms with Crippen LogP contribution >= 0.6 is 0 Å². The molecule has 1 heterocycles. The van der Waals surface area contributed by atoms with E-state index in [-0.39, 0.29) is 0 Å². The largest absolute Gasteiger partial charge is 0.288 e. The van der Waals surface area contributed by atoms with Crippen LogP contribution in [0.1, 0.15) is 20.7 Å². The van der Waals surface area contributed by atoms with Crippen LogP contribution in [-0.2, 0) is 0 Å². The number of fused-ring (bicyclic) bond motifs is 1. The zero-order valence-electron chi connectivity index (χ0n) is 6.23. The third-order valence-corrected chi connectivity index (χ3v) is 1.78. The first kappa shape index (κ1) is 7.85. The lowest BCUT2D eigenvalue weighted by atomic mass is 10.1. The predicted octanol–water partition coefficient (Wildman–Crippen LogP) is 0.848. The Morgan fingerprint density at radius 3 is 1.69 bits per heavy atom. The van der Waals surface area contributed by atoms with Crippen LogP contribution in [0, 0.1) is 11.6 Å². The lowest BCUT2D eigenvalue weighted by molar-refractivity contribution is 0.0877. The summed E-state index contributed by atoms with van der Waals surface area (Å²) in [6, 6.07) is 1.62. The highest BCUT2D eigenvalue weighted by atomic mass is 19.1. The minimum atomic E-state index is -0.892. The second kappa shape index (κ2) is 2.35. The molecule has 3 nitrogen and oxygen atoms in total. The Hall–Kier alpha value is -1.78. The molecule has 2 rings (SSSR count). The van der Waals surface area contributed by atoms with Crippen molar-refractivity contribution in [3.05, 3.63) is 34.9 Å². The molecule has 0 atom stereocenters. The van der Waals surface area contributed by atoms with E-state index in [2.05, 4.69) is 0 Å². The molecule has 66 valence electrons. The summed E-state index contributed by atoms with van der Waals surface area (Å²) in [6.07, 6.45) is 0. The molecular formula is C8H3F2NO2. The zero-order valence-corrected chi connectivity index (χ0v) is 6.23. The normalized spacial score (nSPS) is 14.3. The Kier molecular flexibility index (Phi) is 1.42. The van der Waals surface area contributed by atoms with Gasteiger partial charge in [0.2, 0.25) is 0 Å². The minimum Gasteiger partial charge on any atom is -0.288 e. The lowest BCUT2D eigenvalue weighted by Crippen LogP contribution is -2.20. The first-order valence-electron chi connectivity index (χ1n) is 3.45. The average Bonchev–Trinajstić information content (AvgIpc) is 2.36. The van der Waals surface area contributed by atoms with Crippen molar-refractivity contribution in [3.63, 3.8) is 0 Å². The van der Waals surface area contributed by atoms with E-state index < -0.39 is 34.6 Å². The van der Waals surface area contributed by atoms with Crippen LogP contribution in [0.3, 0.4) is 0 Å². The number of carbonyl (C=O) groups is 2. The van der Waals surface area contributed by atoms with Crippen LogP contribution in [0.2, 0.25) is 0 Å². The fraction of sp³-hybridized carbons (Fsp3) is 0. The molecule has 13 heavy (non-hydrogen) atoms. The summed E-state index contributed by atoms with van der Waals surface area (Å²) < 4.78 is 25.8. The molecule has 0 radical (unpaired) electrons. The molecule has 1 aromatic carbocycles. The van der Waals surface area contributed by atoms with Gasteiger partial charge in [-0.2, -0.15) is 0 Å². The van der Waals surface area contributed by atoms with E-state index in [1.54, 1.807) is 5.32 Å². The van der Waals surface area contributed by atoms with Gasteiger partial charge in [0.15, 0.2) is 0 Å². The van der Waals surface area contributed by atoms with Crippen molar-refractivity contribution in [2.24, 2.45) is 0 Å². The van der Waals surface area contributed by atoms with E-state index in [4.69, 9.17) is 0 Å². The maximum atomic E-state index is 12.9. The Labute approximate surface area is 71.4 Å². The highest BCUT2D eigenvalue weighted by Crippen LogP contribution is 2.21. The maximum absolute atomic E-state index is 12.9. The van der Waals surface area contributed by atoms with Gasteiger partial charge in [-0.25, -0.2) is 8.78 Å². The molecule has 1 aromatic rings. The van der Waals surface area contributed by atoms with Crippen molar-refractivity contribution in [1.29, 1.82) is 0 Å². The summed E-state index contributed by atoms with van der Waals surface area (Å²) in [5.41, 5.74) is -1.02. The molecule has 0 unspecified atom stereocenters. The van der Waals surface area contributed by atoms with Gasteiger partial charge in [-0.15, -0.1) is 0 Å². The van der Waals surface area contributed by atoms with Crippen LogP contribution in [0.15, 0.2) is 12.1 Å². The molecule has 5 heteroatoms. The fourth-order valence-electron chi connectivity index (χ4n) is 1.22. The smallest absolute Gasteiger partial charge is 0.262 e. The molecule has 2 amide bonds. The first-order valence-corrected chi connectivity index (χ1v) is 3.45. The summed E-state index contributed by atoms with van der Waals surface area (Å²) in [4.78, 5) is 21.8. The molecule has 0 bridgehead atoms. The molecule has 0 aromatic heterocycles. The molecular weight excluding hydrogens is 180 g/mol. The Morgan fingerprint density at radius 2 is 1.31 bits per heavy atom. The van der Waals surface area contributed by atoms with Crippen molar-refractivity contribution in [1.82, 2.24) is 5.32 Å². The van der Waals surface area contributed by atoms with E-state index in [0.717, 1.165) is 12.1 Å². The molecule has 1 N–H and O–H groups in total. The molecule has 0 fully saturated rings. The minimum absolute atomic E-state index is 0.509. The van der Waals surface area contributed by atoms with Crippen LogP contribution in [-0.4, -0.2) is 11.8 Å². The second-order valence-electron chi connectivity index (χ2n) is 2.56. The Bertz CT molecular complexity index is 389. The first-order chi connectivity index (χ1) is 6.11. The molecule has 0 aliphatic carbocycles. The number of imide groups is 1. The summed E-state index contributed by atoms with van der Waals surface area (Å²) >= 11 is 0. The highest BCUT2D eigenvalue weighted by molar-refractivity contribution is 6.21. The van der Waals surface area contributed by atoms with Crippen LogP contribution in [0.5, 0.6) is 0 Å². The zero-order chi connectivity index (χ0) is 9.59. The van der Waals surface area contributed by atoms with Crippen molar-refractivity contribution >= 4 is 11.8 Å². The van der Waals surface area contributed by atoms with Gasteiger partial charge in [0.25, 0.3) is 11.8 Å². The number of halogens is 2. The predicted molar refractivity (Wildman–Crippen MR) is 38.2 cm³/mol. The number of carbonyl (C=O) groups excluding carboxylic acids is 2. The van der Waals surface area contributed by atoms with E-state index in [9.17, 15) is 18.4 Å². The third-order valence-electron chi connectivity index (χ3n) is 1.78. The number of hydrogen-bond acceptors (Lipinski definition) is 2. The second-order valence-corrected chi connectivity index (χ2v) is 2.56. The number of rotatable bonds is 0. The maximum Gasteiger partial charge on any atom is 0.262 e. The summed E-state index contributed by atoms with van der Waals surface area (Å²) in [5, 5.41) is 1.81. The van der Waals surface area contributed by atoms with Gasteiger partial charge in [0.05, 0.1) is 11.1 Å². The highest BCUT2D eigenvalue weighted by Gasteiger charge is 2.32. The van der Waals surface area contributed by atoms with E-state index in [1.165, 1.54) is 0 Å². The topological polar surface area (TPSA) is 46.2 Å². The van der Waals surface area contributed by atoms with Gasteiger partial charge >= 0.3 is 0 Å². The number of nitrogens with one attached hydrogen (secondary N) is 1. The van der Waals surface area contributed by atoms with E-state index in [0.29, 0.717) is 0 Å². The number of amides is 2. The van der Waals surface area contributed by atoms with Gasteiger partial charge in [-0.3, -0.25) is 14.9 Å². The van der Waals surface area contributed by atoms with Crippen LogP contribution in [0.25, 0.3) is 0 Å². The number of benzene rings is 1. The Morgan fingerprint density at radius 1 is 0.923 bits per heavy atom. The van der Waals surface area contributed by atoms with Crippen LogP contribution < -0.4 is 5.32 Å². The summed E-state index contributed by atoms with van der Waals surface area (Å²) in [7, 11) is 0. The molecule has 0 spiro atoms. The molecule has 1 aliphatic heterocycles. The van der Waals surface area contributed by atoms with Crippen molar-refractivity contribution in [2.45, 2.75) is 0 Å².